The lowest BCUT2D eigenvalue weighted by Crippen LogP contribution is -2.12. The van der Waals surface area contributed by atoms with Gasteiger partial charge in [-0.3, -0.25) is 4.57 Å². The fourth-order valence-electron chi connectivity index (χ4n) is 2.05. The normalized spacial score (nSPS) is 10.7. The zero-order valence-electron chi connectivity index (χ0n) is 10.6. The molecule has 3 aromatic rings. The SMILES string of the molecule is O=C(OCc1ccccc1)n1ccc2ccc(Cl)cc21. The highest BCUT2D eigenvalue weighted by atomic mass is 35.5. The first-order valence-corrected chi connectivity index (χ1v) is 6.59. The van der Waals surface area contributed by atoms with E-state index in [1.54, 1.807) is 18.3 Å². The summed E-state index contributed by atoms with van der Waals surface area (Å²) in [6.07, 6.45) is 1.28. The van der Waals surface area contributed by atoms with Gasteiger partial charge in [-0.1, -0.05) is 48.0 Å². The Bertz CT molecular complexity index is 750. The lowest BCUT2D eigenvalue weighted by molar-refractivity contribution is 0.142. The van der Waals surface area contributed by atoms with Crippen molar-refractivity contribution in [3.8, 4) is 0 Å². The van der Waals surface area contributed by atoms with Crippen LogP contribution in [0.25, 0.3) is 10.9 Å². The molecule has 0 aliphatic carbocycles. The van der Waals surface area contributed by atoms with Gasteiger partial charge in [0.2, 0.25) is 0 Å². The van der Waals surface area contributed by atoms with Gasteiger partial charge in [0.1, 0.15) is 6.61 Å². The smallest absolute Gasteiger partial charge is 0.418 e. The number of aromatic nitrogens is 1. The first kappa shape index (κ1) is 12.8. The van der Waals surface area contributed by atoms with Crippen LogP contribution < -0.4 is 0 Å². The fourth-order valence-corrected chi connectivity index (χ4v) is 2.22. The molecule has 0 bridgehead atoms. The van der Waals surface area contributed by atoms with Gasteiger partial charge in [-0.2, -0.15) is 0 Å². The Morgan fingerprint density at radius 3 is 2.70 bits per heavy atom. The number of fused-ring (bicyclic) bond motifs is 1. The van der Waals surface area contributed by atoms with Crippen LogP contribution in [0.3, 0.4) is 0 Å². The monoisotopic (exact) mass is 285 g/mol. The minimum atomic E-state index is -0.411. The molecule has 2 aromatic carbocycles. The van der Waals surface area contributed by atoms with Crippen LogP contribution in [0, 0.1) is 0 Å². The molecular weight excluding hydrogens is 274 g/mol. The van der Waals surface area contributed by atoms with Crippen molar-refractivity contribution in [2.24, 2.45) is 0 Å². The molecule has 0 spiro atoms. The van der Waals surface area contributed by atoms with Gasteiger partial charge in [0.05, 0.1) is 5.52 Å². The number of carbonyl (C=O) groups is 1. The minimum Gasteiger partial charge on any atom is -0.444 e. The standard InChI is InChI=1S/C16H12ClNO2/c17-14-7-6-13-8-9-18(15(13)10-14)16(19)20-11-12-4-2-1-3-5-12/h1-10H,11H2. The first-order valence-electron chi connectivity index (χ1n) is 6.22. The number of hydrogen-bond acceptors (Lipinski definition) is 2. The van der Waals surface area contributed by atoms with Gasteiger partial charge >= 0.3 is 6.09 Å². The summed E-state index contributed by atoms with van der Waals surface area (Å²) in [6.45, 7) is 0.250. The molecule has 1 aromatic heterocycles. The average Bonchev–Trinajstić information content (AvgIpc) is 2.89. The van der Waals surface area contributed by atoms with Gasteiger partial charge in [0, 0.05) is 16.6 Å². The lowest BCUT2D eigenvalue weighted by atomic mass is 10.2. The molecule has 0 fully saturated rings. The molecule has 0 amide bonds. The van der Waals surface area contributed by atoms with Crippen molar-refractivity contribution in [1.29, 1.82) is 0 Å². The van der Waals surface area contributed by atoms with Crippen LogP contribution in [0.5, 0.6) is 0 Å². The van der Waals surface area contributed by atoms with Gasteiger partial charge in [0.25, 0.3) is 0 Å². The molecule has 0 atom stereocenters. The Hall–Kier alpha value is -2.26. The van der Waals surface area contributed by atoms with Crippen molar-refractivity contribution < 1.29 is 9.53 Å². The highest BCUT2D eigenvalue weighted by Crippen LogP contribution is 2.20. The van der Waals surface area contributed by atoms with E-state index in [-0.39, 0.29) is 6.61 Å². The second-order valence-corrected chi connectivity index (χ2v) is 4.87. The van der Waals surface area contributed by atoms with E-state index in [0.29, 0.717) is 5.02 Å². The van der Waals surface area contributed by atoms with Crippen molar-refractivity contribution in [1.82, 2.24) is 4.57 Å². The third-order valence-corrected chi connectivity index (χ3v) is 3.29. The molecule has 0 aliphatic rings. The first-order chi connectivity index (χ1) is 9.74. The van der Waals surface area contributed by atoms with Crippen molar-refractivity contribution in [2.45, 2.75) is 6.61 Å². The van der Waals surface area contributed by atoms with E-state index in [9.17, 15) is 4.79 Å². The molecule has 0 saturated carbocycles. The van der Waals surface area contributed by atoms with Crippen molar-refractivity contribution in [3.63, 3.8) is 0 Å². The number of hydrogen-bond donors (Lipinski definition) is 0. The van der Waals surface area contributed by atoms with Gasteiger partial charge in [-0.15, -0.1) is 0 Å². The molecule has 100 valence electrons. The maximum Gasteiger partial charge on any atom is 0.418 e. The number of nitrogens with zero attached hydrogens (tertiary/aromatic N) is 1. The summed E-state index contributed by atoms with van der Waals surface area (Å²) < 4.78 is 6.76. The van der Waals surface area contributed by atoms with E-state index >= 15 is 0 Å². The number of halogens is 1. The van der Waals surface area contributed by atoms with Crippen LogP contribution in [0.2, 0.25) is 5.02 Å². The highest BCUT2D eigenvalue weighted by molar-refractivity contribution is 6.31. The maximum absolute atomic E-state index is 12.1. The average molecular weight is 286 g/mol. The summed E-state index contributed by atoms with van der Waals surface area (Å²) in [5.74, 6) is 0. The highest BCUT2D eigenvalue weighted by Gasteiger charge is 2.10. The van der Waals surface area contributed by atoms with Crippen molar-refractivity contribution in [2.75, 3.05) is 0 Å². The van der Waals surface area contributed by atoms with E-state index in [0.717, 1.165) is 16.5 Å². The van der Waals surface area contributed by atoms with Crippen LogP contribution in [0.15, 0.2) is 60.8 Å². The van der Waals surface area contributed by atoms with Gasteiger partial charge < -0.3 is 4.74 Å². The molecule has 0 radical (unpaired) electrons. The molecule has 0 N–H and O–H groups in total. The Morgan fingerprint density at radius 2 is 1.90 bits per heavy atom. The van der Waals surface area contributed by atoms with Crippen molar-refractivity contribution in [3.05, 3.63) is 71.4 Å². The Balaban J connectivity index is 1.80. The van der Waals surface area contributed by atoms with E-state index < -0.39 is 6.09 Å². The molecule has 20 heavy (non-hydrogen) atoms. The van der Waals surface area contributed by atoms with Crippen LogP contribution in [-0.4, -0.2) is 10.7 Å². The van der Waals surface area contributed by atoms with E-state index in [1.807, 2.05) is 42.5 Å². The predicted octanol–water partition coefficient (Wildman–Crippen LogP) is 4.48. The Labute approximate surface area is 121 Å². The summed E-state index contributed by atoms with van der Waals surface area (Å²) in [5, 5.41) is 1.54. The molecule has 3 rings (SSSR count). The minimum absolute atomic E-state index is 0.250. The van der Waals surface area contributed by atoms with Crippen molar-refractivity contribution >= 4 is 28.6 Å². The van der Waals surface area contributed by atoms with Gasteiger partial charge in [0.15, 0.2) is 0 Å². The predicted molar refractivity (Wildman–Crippen MR) is 79.0 cm³/mol. The fraction of sp³-hybridized carbons (Fsp3) is 0.0625. The van der Waals surface area contributed by atoms with E-state index in [2.05, 4.69) is 0 Å². The van der Waals surface area contributed by atoms with Gasteiger partial charge in [-0.05, 0) is 23.8 Å². The Kier molecular flexibility index (Phi) is 3.44. The zero-order valence-corrected chi connectivity index (χ0v) is 11.4. The zero-order chi connectivity index (χ0) is 13.9. The number of rotatable bonds is 2. The lowest BCUT2D eigenvalue weighted by Gasteiger charge is -2.06. The molecule has 0 aliphatic heterocycles. The summed E-state index contributed by atoms with van der Waals surface area (Å²) in [4.78, 5) is 12.1. The summed E-state index contributed by atoms with van der Waals surface area (Å²) in [6, 6.07) is 16.9. The number of ether oxygens (including phenoxy) is 1. The molecule has 1 heterocycles. The second-order valence-electron chi connectivity index (χ2n) is 4.43. The van der Waals surface area contributed by atoms with E-state index in [4.69, 9.17) is 16.3 Å². The largest absolute Gasteiger partial charge is 0.444 e. The summed E-state index contributed by atoms with van der Waals surface area (Å²) in [5.41, 5.74) is 1.70. The molecule has 4 heteroatoms. The third-order valence-electron chi connectivity index (χ3n) is 3.06. The molecule has 3 nitrogen and oxygen atoms in total. The maximum atomic E-state index is 12.1. The number of carbonyl (C=O) groups excluding carboxylic acids is 1. The molecule has 0 unspecified atom stereocenters. The Morgan fingerprint density at radius 1 is 1.10 bits per heavy atom. The number of benzene rings is 2. The van der Waals surface area contributed by atoms with Crippen LogP contribution in [-0.2, 0) is 11.3 Å². The van der Waals surface area contributed by atoms with Gasteiger partial charge in [-0.25, -0.2) is 4.79 Å². The van der Waals surface area contributed by atoms with Crippen LogP contribution in [0.4, 0.5) is 4.79 Å². The third kappa shape index (κ3) is 2.53. The van der Waals surface area contributed by atoms with E-state index in [1.165, 1.54) is 4.57 Å². The van der Waals surface area contributed by atoms with Crippen LogP contribution in [0.1, 0.15) is 5.56 Å². The molecule has 0 saturated heterocycles. The summed E-state index contributed by atoms with van der Waals surface area (Å²) in [7, 11) is 0. The quantitative estimate of drug-likeness (QED) is 0.695. The molecular formula is C16H12ClNO2. The summed E-state index contributed by atoms with van der Waals surface area (Å²) >= 11 is 5.96. The topological polar surface area (TPSA) is 31.2 Å². The van der Waals surface area contributed by atoms with Crippen LogP contribution >= 0.6 is 11.6 Å². The second kappa shape index (κ2) is 5.39.